The minimum atomic E-state index is -0.994. The third-order valence-electron chi connectivity index (χ3n) is 6.76. The fourth-order valence-electron chi connectivity index (χ4n) is 4.89. The first-order valence-electron chi connectivity index (χ1n) is 11.7. The Bertz CT molecular complexity index is 1970. The number of fused-ring (bicyclic) bond motifs is 4. The number of nitrogens with one attached hydrogen (secondary N) is 1. The van der Waals surface area contributed by atoms with Gasteiger partial charge in [-0.1, -0.05) is 0 Å². The van der Waals surface area contributed by atoms with E-state index in [1.165, 1.54) is 13.2 Å². The monoisotopic (exact) mass is 529 g/mol. The minimum absolute atomic E-state index is 0.0406. The van der Waals surface area contributed by atoms with Gasteiger partial charge in [-0.2, -0.15) is 0 Å². The zero-order valence-corrected chi connectivity index (χ0v) is 20.1. The molecular formula is C28H19NO10. The van der Waals surface area contributed by atoms with Crippen LogP contribution in [-0.2, 0) is 4.79 Å². The molecule has 0 aliphatic carbocycles. The molecule has 0 spiro atoms. The normalized spacial score (nSPS) is 14.8. The minimum Gasteiger partial charge on any atom is -0.507 e. The summed E-state index contributed by atoms with van der Waals surface area (Å²) in [4.78, 5) is 41.8. The smallest absolute Gasteiger partial charge is 0.312 e. The van der Waals surface area contributed by atoms with Crippen molar-refractivity contribution in [2.24, 2.45) is 0 Å². The molecule has 6 rings (SSSR count). The Hall–Kier alpha value is -5.45. The summed E-state index contributed by atoms with van der Waals surface area (Å²) in [5, 5.41) is 41.2. The van der Waals surface area contributed by atoms with Gasteiger partial charge in [0.25, 0.3) is 5.56 Å². The molecule has 1 aliphatic rings. The topological polar surface area (TPSA) is 180 Å². The summed E-state index contributed by atoms with van der Waals surface area (Å²) in [6.45, 7) is 0. The van der Waals surface area contributed by atoms with Crippen molar-refractivity contribution in [3.8, 4) is 45.8 Å². The summed E-state index contributed by atoms with van der Waals surface area (Å²) in [7, 11) is 1.50. The van der Waals surface area contributed by atoms with Gasteiger partial charge in [0.05, 0.1) is 13.5 Å². The number of phenolic OH excluding ortho intramolecular Hbond substituents is 3. The van der Waals surface area contributed by atoms with Gasteiger partial charge in [-0.25, -0.2) is 0 Å². The summed E-state index contributed by atoms with van der Waals surface area (Å²) in [6.07, 6.45) is -0.286. The van der Waals surface area contributed by atoms with Crippen LogP contribution in [0.1, 0.15) is 23.5 Å². The second-order valence-corrected chi connectivity index (χ2v) is 9.06. The maximum Gasteiger partial charge on any atom is 0.312 e. The molecule has 1 aliphatic heterocycles. The molecule has 0 saturated heterocycles. The molecule has 11 heteroatoms. The SMILES string of the molecule is COc1ccc2[nH]c(=O)c([C@H]3CC(=O)Oc4cc(O)c5c(=O)c(O)c(-c6ccc(O)c(O)c6)oc5c43)cc2c1. The molecule has 5 aromatic rings. The number of ether oxygens (including phenoxy) is 2. The molecule has 3 aromatic carbocycles. The average Bonchev–Trinajstić information content (AvgIpc) is 2.90. The van der Waals surface area contributed by atoms with E-state index in [9.17, 15) is 34.8 Å². The molecule has 0 bridgehead atoms. The summed E-state index contributed by atoms with van der Waals surface area (Å²) in [6, 6.07) is 11.2. The van der Waals surface area contributed by atoms with Crippen LogP contribution in [-0.4, -0.2) is 38.5 Å². The van der Waals surface area contributed by atoms with Crippen LogP contribution in [0.5, 0.6) is 34.5 Å². The molecule has 3 heterocycles. The van der Waals surface area contributed by atoms with Crippen LogP contribution in [0.3, 0.4) is 0 Å². The lowest BCUT2D eigenvalue weighted by Crippen LogP contribution is -2.26. The Morgan fingerprint density at radius 3 is 2.46 bits per heavy atom. The van der Waals surface area contributed by atoms with E-state index in [1.54, 1.807) is 24.3 Å². The molecule has 196 valence electrons. The number of carbonyl (C=O) groups excluding carboxylic acids is 1. The first-order valence-corrected chi connectivity index (χ1v) is 11.7. The van der Waals surface area contributed by atoms with Crippen LogP contribution in [0.15, 0.2) is 62.5 Å². The Balaban J connectivity index is 1.67. The molecule has 1 atom stereocenters. The lowest BCUT2D eigenvalue weighted by Gasteiger charge is -2.26. The van der Waals surface area contributed by atoms with E-state index in [4.69, 9.17) is 13.9 Å². The molecule has 2 aromatic heterocycles. The zero-order valence-electron chi connectivity index (χ0n) is 20.1. The van der Waals surface area contributed by atoms with E-state index in [2.05, 4.69) is 4.98 Å². The van der Waals surface area contributed by atoms with Crippen LogP contribution in [0.4, 0.5) is 0 Å². The van der Waals surface area contributed by atoms with E-state index in [-0.39, 0.29) is 45.6 Å². The van der Waals surface area contributed by atoms with Gasteiger partial charge in [-0.3, -0.25) is 14.4 Å². The van der Waals surface area contributed by atoms with Crippen LogP contribution >= 0.6 is 0 Å². The summed E-state index contributed by atoms with van der Waals surface area (Å²) >= 11 is 0. The number of methoxy groups -OCH3 is 1. The van der Waals surface area contributed by atoms with E-state index >= 15 is 0 Å². The number of esters is 1. The molecule has 5 N–H and O–H groups in total. The van der Waals surface area contributed by atoms with Gasteiger partial charge < -0.3 is 39.3 Å². The highest BCUT2D eigenvalue weighted by Gasteiger charge is 2.36. The van der Waals surface area contributed by atoms with Gasteiger partial charge in [-0.05, 0) is 42.5 Å². The number of hydrogen-bond acceptors (Lipinski definition) is 10. The third-order valence-corrected chi connectivity index (χ3v) is 6.76. The zero-order chi connectivity index (χ0) is 27.6. The van der Waals surface area contributed by atoms with Crippen molar-refractivity contribution in [3.05, 3.63) is 80.2 Å². The second kappa shape index (κ2) is 8.55. The first kappa shape index (κ1) is 23.9. The standard InChI is InChI=1S/C28H19NO10/c1-37-13-3-4-16-12(6-13)7-15(28(36)29-16)14-9-21(33)38-20-10-19(32)23-24(34)25(35)26(39-27(23)22(14)20)11-2-5-17(30)18(31)8-11/h2-8,10,14,30-32,35H,9H2,1H3,(H,29,36)/t14-/m1/s1. The van der Waals surface area contributed by atoms with Crippen LogP contribution in [0.2, 0.25) is 0 Å². The van der Waals surface area contributed by atoms with Gasteiger partial charge in [0, 0.05) is 39.6 Å². The largest absolute Gasteiger partial charge is 0.507 e. The predicted molar refractivity (Wildman–Crippen MR) is 138 cm³/mol. The van der Waals surface area contributed by atoms with Crippen molar-refractivity contribution in [1.82, 2.24) is 4.98 Å². The number of carbonyl (C=O) groups is 1. The Morgan fingerprint density at radius 2 is 1.72 bits per heavy atom. The molecule has 0 unspecified atom stereocenters. The average molecular weight is 529 g/mol. The summed E-state index contributed by atoms with van der Waals surface area (Å²) < 4.78 is 16.6. The van der Waals surface area contributed by atoms with Gasteiger partial charge in [0.2, 0.25) is 11.2 Å². The van der Waals surface area contributed by atoms with Gasteiger partial charge in [-0.15, -0.1) is 0 Å². The molecule has 39 heavy (non-hydrogen) atoms. The van der Waals surface area contributed by atoms with Crippen molar-refractivity contribution in [1.29, 1.82) is 0 Å². The van der Waals surface area contributed by atoms with Crippen LogP contribution in [0, 0.1) is 0 Å². The number of aromatic hydroxyl groups is 4. The highest BCUT2D eigenvalue weighted by atomic mass is 16.5. The number of H-pyrrole nitrogens is 1. The summed E-state index contributed by atoms with van der Waals surface area (Å²) in [5.74, 6) is -4.03. The number of hydrogen-bond donors (Lipinski definition) is 5. The molecule has 0 radical (unpaired) electrons. The maximum atomic E-state index is 13.2. The number of rotatable bonds is 3. The lowest BCUT2D eigenvalue weighted by molar-refractivity contribution is -0.135. The molecule has 0 saturated carbocycles. The summed E-state index contributed by atoms with van der Waals surface area (Å²) in [5.41, 5.74) is -0.838. The highest BCUT2D eigenvalue weighted by molar-refractivity contribution is 5.94. The molecule has 0 amide bonds. The van der Waals surface area contributed by atoms with E-state index in [0.717, 1.165) is 18.2 Å². The Kier molecular flexibility index (Phi) is 5.25. The van der Waals surface area contributed by atoms with E-state index in [1.807, 2.05) is 0 Å². The second-order valence-electron chi connectivity index (χ2n) is 9.06. The fourth-order valence-corrected chi connectivity index (χ4v) is 4.89. The number of phenols is 3. The molecular weight excluding hydrogens is 510 g/mol. The van der Waals surface area contributed by atoms with Crippen molar-refractivity contribution < 1.29 is 39.1 Å². The quantitative estimate of drug-likeness (QED) is 0.132. The number of aromatic amines is 1. The van der Waals surface area contributed by atoms with Crippen LogP contribution < -0.4 is 20.5 Å². The molecule has 0 fully saturated rings. The number of aromatic nitrogens is 1. The molecule has 11 nitrogen and oxygen atoms in total. The number of benzene rings is 3. The van der Waals surface area contributed by atoms with E-state index in [0.29, 0.717) is 16.7 Å². The van der Waals surface area contributed by atoms with Gasteiger partial charge >= 0.3 is 5.97 Å². The van der Waals surface area contributed by atoms with Crippen LogP contribution in [0.25, 0.3) is 33.2 Å². The van der Waals surface area contributed by atoms with Gasteiger partial charge in [0.15, 0.2) is 17.3 Å². The third kappa shape index (κ3) is 3.71. The fraction of sp³-hybridized carbons (Fsp3) is 0.107. The predicted octanol–water partition coefficient (Wildman–Crippen LogP) is 3.57. The van der Waals surface area contributed by atoms with Gasteiger partial charge in [0.1, 0.15) is 28.2 Å². The van der Waals surface area contributed by atoms with Crippen molar-refractivity contribution in [3.63, 3.8) is 0 Å². The first-order chi connectivity index (χ1) is 18.7. The Morgan fingerprint density at radius 1 is 0.923 bits per heavy atom. The Labute approximate surface area is 217 Å². The lowest BCUT2D eigenvalue weighted by atomic mass is 9.85. The van der Waals surface area contributed by atoms with Crippen molar-refractivity contribution >= 4 is 27.8 Å². The van der Waals surface area contributed by atoms with E-state index < -0.39 is 45.9 Å². The van der Waals surface area contributed by atoms with Crippen molar-refractivity contribution in [2.75, 3.05) is 7.11 Å². The highest BCUT2D eigenvalue weighted by Crippen LogP contribution is 2.47. The maximum absolute atomic E-state index is 13.2. The number of pyridine rings is 1. The van der Waals surface area contributed by atoms with Crippen molar-refractivity contribution in [2.45, 2.75) is 12.3 Å².